The fourth-order valence-electron chi connectivity index (χ4n) is 2.78. The number of benzene rings is 1. The average Bonchev–Trinajstić information content (AvgIpc) is 3.11. The summed E-state index contributed by atoms with van der Waals surface area (Å²) in [6, 6.07) is 6.91. The lowest BCUT2D eigenvalue weighted by atomic mass is 9.97. The van der Waals surface area contributed by atoms with Crippen LogP contribution >= 0.6 is 11.3 Å². The number of aromatic nitrogens is 2. The highest BCUT2D eigenvalue weighted by molar-refractivity contribution is 7.10. The molecule has 0 aliphatic rings. The predicted octanol–water partition coefficient (Wildman–Crippen LogP) is 4.37. The number of hydrogen-bond donors (Lipinski definition) is 1. The molecule has 1 aromatic carbocycles. The first-order valence-corrected chi connectivity index (χ1v) is 8.28. The highest BCUT2D eigenvalue weighted by atomic mass is 32.1. The number of aryl methyl sites for hydroxylation is 2. The Morgan fingerprint density at radius 3 is 2.71 bits per heavy atom. The maximum atomic E-state index is 14.3. The molecule has 0 saturated carbocycles. The highest BCUT2D eigenvalue weighted by Crippen LogP contribution is 2.36. The molecule has 122 valence electrons. The maximum Gasteiger partial charge on any atom is 0.143 e. The second kappa shape index (κ2) is 6.46. The molecule has 0 spiro atoms. The topological polar surface area (TPSA) is 61.7 Å². The van der Waals surface area contributed by atoms with Gasteiger partial charge in [-0.2, -0.15) is 10.4 Å². The molecule has 2 heterocycles. The monoisotopic (exact) mass is 341 g/mol. The molecule has 3 aromatic rings. The molecule has 3 rings (SSSR count). The lowest BCUT2D eigenvalue weighted by Crippen LogP contribution is -1.97. The van der Waals surface area contributed by atoms with Crippen LogP contribution in [0, 0.1) is 31.0 Å². The fraction of sp³-hybridized carbons (Fsp3) is 0.222. The van der Waals surface area contributed by atoms with E-state index in [9.17, 15) is 9.65 Å². The van der Waals surface area contributed by atoms with Gasteiger partial charge in [0.1, 0.15) is 23.3 Å². The lowest BCUT2D eigenvalue weighted by Gasteiger charge is -2.07. The van der Waals surface area contributed by atoms with Crippen LogP contribution < -0.4 is 4.74 Å². The van der Waals surface area contributed by atoms with Crippen molar-refractivity contribution in [1.82, 2.24) is 10.2 Å². The summed E-state index contributed by atoms with van der Waals surface area (Å²) in [4.78, 5) is 1.11. The number of halogens is 1. The number of hydrogen-bond acceptors (Lipinski definition) is 4. The van der Waals surface area contributed by atoms with Gasteiger partial charge >= 0.3 is 0 Å². The second-order valence-electron chi connectivity index (χ2n) is 5.52. The Kier molecular flexibility index (Phi) is 4.36. The van der Waals surface area contributed by atoms with Gasteiger partial charge in [0.25, 0.3) is 0 Å². The normalized spacial score (nSPS) is 10.6. The zero-order valence-corrected chi connectivity index (χ0v) is 14.4. The van der Waals surface area contributed by atoms with Gasteiger partial charge in [0.05, 0.1) is 12.8 Å². The van der Waals surface area contributed by atoms with E-state index in [-0.39, 0.29) is 5.82 Å². The standard InChI is InChI=1S/C18H16FN3OS/c1-10-9-24-11(2)17(10)18-15(21-22-16(18)8-20)6-12-4-5-13(23-3)7-14(12)19/h4-5,7,9H,6H2,1-3H3,(H,21,22). The van der Waals surface area contributed by atoms with Crippen LogP contribution in [0.1, 0.15) is 27.4 Å². The van der Waals surface area contributed by atoms with Gasteiger partial charge in [-0.25, -0.2) is 4.39 Å². The van der Waals surface area contributed by atoms with E-state index in [1.165, 1.54) is 13.2 Å². The third-order valence-electron chi connectivity index (χ3n) is 3.98. The Morgan fingerprint density at radius 1 is 1.33 bits per heavy atom. The number of thiophene rings is 1. The SMILES string of the molecule is COc1ccc(Cc2n[nH]c(C#N)c2-c2c(C)csc2C)c(F)c1. The molecule has 0 bridgehead atoms. The van der Waals surface area contributed by atoms with Crippen molar-refractivity contribution in [2.24, 2.45) is 0 Å². The van der Waals surface area contributed by atoms with Gasteiger partial charge in [-0.15, -0.1) is 11.3 Å². The summed E-state index contributed by atoms with van der Waals surface area (Å²) >= 11 is 1.63. The number of aromatic amines is 1. The van der Waals surface area contributed by atoms with E-state index in [1.54, 1.807) is 23.5 Å². The minimum Gasteiger partial charge on any atom is -0.497 e. The molecular formula is C18H16FN3OS. The molecule has 0 aliphatic carbocycles. The van der Waals surface area contributed by atoms with Crippen molar-refractivity contribution < 1.29 is 9.13 Å². The summed E-state index contributed by atoms with van der Waals surface area (Å²) in [5.41, 5.74) is 4.45. The molecule has 4 nitrogen and oxygen atoms in total. The van der Waals surface area contributed by atoms with E-state index < -0.39 is 0 Å². The highest BCUT2D eigenvalue weighted by Gasteiger charge is 2.21. The van der Waals surface area contributed by atoms with Crippen molar-refractivity contribution in [2.75, 3.05) is 7.11 Å². The van der Waals surface area contributed by atoms with E-state index in [0.29, 0.717) is 29.1 Å². The van der Waals surface area contributed by atoms with Crippen molar-refractivity contribution in [2.45, 2.75) is 20.3 Å². The van der Waals surface area contributed by atoms with Crippen LogP contribution in [-0.4, -0.2) is 17.3 Å². The number of methoxy groups -OCH3 is 1. The van der Waals surface area contributed by atoms with E-state index in [4.69, 9.17) is 4.74 Å². The maximum absolute atomic E-state index is 14.3. The molecule has 2 aromatic heterocycles. The first-order chi connectivity index (χ1) is 11.5. The van der Waals surface area contributed by atoms with Gasteiger partial charge in [0, 0.05) is 28.5 Å². The second-order valence-corrected chi connectivity index (χ2v) is 6.60. The molecule has 0 unspecified atom stereocenters. The molecule has 6 heteroatoms. The quantitative estimate of drug-likeness (QED) is 0.767. The van der Waals surface area contributed by atoms with Crippen molar-refractivity contribution in [3.63, 3.8) is 0 Å². The summed E-state index contributed by atoms with van der Waals surface area (Å²) in [7, 11) is 1.50. The average molecular weight is 341 g/mol. The van der Waals surface area contributed by atoms with Crippen LogP contribution in [0.4, 0.5) is 4.39 Å². The Labute approximate surface area is 143 Å². The van der Waals surface area contributed by atoms with Gasteiger partial charge in [-0.1, -0.05) is 6.07 Å². The first-order valence-electron chi connectivity index (χ1n) is 7.40. The molecule has 0 atom stereocenters. The first kappa shape index (κ1) is 16.2. The summed E-state index contributed by atoms with van der Waals surface area (Å²) < 4.78 is 19.3. The van der Waals surface area contributed by atoms with Gasteiger partial charge in [0.2, 0.25) is 0 Å². The van der Waals surface area contributed by atoms with E-state index in [1.807, 2.05) is 13.8 Å². The number of nitrogens with one attached hydrogen (secondary N) is 1. The zero-order chi connectivity index (χ0) is 17.3. The summed E-state index contributed by atoms with van der Waals surface area (Å²) in [6.07, 6.45) is 0.304. The summed E-state index contributed by atoms with van der Waals surface area (Å²) in [6.45, 7) is 4.02. The smallest absolute Gasteiger partial charge is 0.143 e. The van der Waals surface area contributed by atoms with Gasteiger partial charge in [-0.05, 0) is 36.4 Å². The number of nitrogens with zero attached hydrogens (tertiary/aromatic N) is 2. The van der Waals surface area contributed by atoms with Crippen molar-refractivity contribution >= 4 is 11.3 Å². The molecule has 24 heavy (non-hydrogen) atoms. The number of H-pyrrole nitrogens is 1. The minimum absolute atomic E-state index is 0.304. The Hall–Kier alpha value is -2.65. The van der Waals surface area contributed by atoms with E-state index >= 15 is 0 Å². The number of nitriles is 1. The Morgan fingerprint density at radius 2 is 2.12 bits per heavy atom. The van der Waals surface area contributed by atoms with Crippen molar-refractivity contribution in [3.8, 4) is 22.9 Å². The number of ether oxygens (including phenoxy) is 1. The number of rotatable bonds is 4. The predicted molar refractivity (Wildman–Crippen MR) is 91.8 cm³/mol. The summed E-state index contributed by atoms with van der Waals surface area (Å²) in [5.74, 6) is 0.126. The zero-order valence-electron chi connectivity index (χ0n) is 13.6. The van der Waals surface area contributed by atoms with E-state index in [0.717, 1.165) is 21.6 Å². The van der Waals surface area contributed by atoms with Crippen LogP contribution in [0.5, 0.6) is 5.75 Å². The van der Waals surface area contributed by atoms with Crippen molar-refractivity contribution in [1.29, 1.82) is 5.26 Å². The van der Waals surface area contributed by atoms with Crippen LogP contribution in [0.3, 0.4) is 0 Å². The molecule has 0 amide bonds. The summed E-state index contributed by atoms with van der Waals surface area (Å²) in [5, 5.41) is 18.5. The molecule has 0 saturated heterocycles. The molecule has 1 N–H and O–H groups in total. The van der Waals surface area contributed by atoms with E-state index in [2.05, 4.69) is 21.6 Å². The van der Waals surface area contributed by atoms with Crippen LogP contribution in [-0.2, 0) is 6.42 Å². The molecular weight excluding hydrogens is 325 g/mol. The van der Waals surface area contributed by atoms with Crippen LogP contribution in [0.2, 0.25) is 0 Å². The van der Waals surface area contributed by atoms with Crippen molar-refractivity contribution in [3.05, 3.63) is 56.8 Å². The Balaban J connectivity index is 2.08. The van der Waals surface area contributed by atoms with Gasteiger partial charge in [-0.3, -0.25) is 5.10 Å². The van der Waals surface area contributed by atoms with Crippen LogP contribution in [0.15, 0.2) is 23.6 Å². The minimum atomic E-state index is -0.347. The third-order valence-corrected chi connectivity index (χ3v) is 5.01. The van der Waals surface area contributed by atoms with Gasteiger partial charge < -0.3 is 4.74 Å². The fourth-order valence-corrected chi connectivity index (χ4v) is 3.63. The van der Waals surface area contributed by atoms with Crippen LogP contribution in [0.25, 0.3) is 11.1 Å². The molecule has 0 radical (unpaired) electrons. The Bertz CT molecular complexity index is 917. The molecule has 0 fully saturated rings. The van der Waals surface area contributed by atoms with Gasteiger partial charge in [0.15, 0.2) is 0 Å². The molecule has 0 aliphatic heterocycles. The largest absolute Gasteiger partial charge is 0.497 e. The third kappa shape index (κ3) is 2.79. The lowest BCUT2D eigenvalue weighted by molar-refractivity contribution is 0.411.